The van der Waals surface area contributed by atoms with Crippen LogP contribution in [0.4, 0.5) is 0 Å². The van der Waals surface area contributed by atoms with Crippen LogP contribution in [0.5, 0.6) is 0 Å². The van der Waals surface area contributed by atoms with Crippen LogP contribution in [-0.2, 0) is 11.2 Å². The summed E-state index contributed by atoms with van der Waals surface area (Å²) in [4.78, 5) is 12.3. The summed E-state index contributed by atoms with van der Waals surface area (Å²) in [6.45, 7) is 2.98. The lowest BCUT2D eigenvalue weighted by Gasteiger charge is -2.22. The van der Waals surface area contributed by atoms with Gasteiger partial charge >= 0.3 is 0 Å². The molecule has 3 N–H and O–H groups in total. The number of carbonyl (C=O) groups is 1. The first-order chi connectivity index (χ1) is 9.16. The predicted octanol–water partition coefficient (Wildman–Crippen LogP) is 0.759. The van der Waals surface area contributed by atoms with Crippen molar-refractivity contribution in [1.82, 2.24) is 10.6 Å². The lowest BCUT2D eigenvalue weighted by molar-refractivity contribution is -0.125. The Morgan fingerprint density at radius 2 is 2.21 bits per heavy atom. The quantitative estimate of drug-likeness (QED) is 0.735. The second-order valence-corrected chi connectivity index (χ2v) is 5.65. The minimum Gasteiger partial charge on any atom is -0.390 e. The fraction of sp³-hybridized carbons (Fsp3) is 0.533. The zero-order chi connectivity index (χ0) is 13.4. The third-order valence-electron chi connectivity index (χ3n) is 4.32. The van der Waals surface area contributed by atoms with Gasteiger partial charge in [-0.2, -0.15) is 0 Å². The van der Waals surface area contributed by atoms with Gasteiger partial charge in [0.15, 0.2) is 0 Å². The van der Waals surface area contributed by atoms with Crippen LogP contribution in [0.3, 0.4) is 0 Å². The molecule has 102 valence electrons. The molecule has 0 saturated carbocycles. The van der Waals surface area contributed by atoms with Crippen LogP contribution in [-0.4, -0.2) is 29.7 Å². The highest BCUT2D eigenvalue weighted by atomic mass is 16.3. The van der Waals surface area contributed by atoms with E-state index < -0.39 is 6.10 Å². The Morgan fingerprint density at radius 3 is 2.95 bits per heavy atom. The summed E-state index contributed by atoms with van der Waals surface area (Å²) in [6.07, 6.45) is 1.13. The molecule has 0 radical (unpaired) electrons. The van der Waals surface area contributed by atoms with E-state index in [9.17, 15) is 9.90 Å². The number of fused-ring (bicyclic) bond motifs is 1. The highest BCUT2D eigenvalue weighted by Gasteiger charge is 2.35. The molecule has 2 aliphatic rings. The zero-order valence-corrected chi connectivity index (χ0v) is 11.1. The fourth-order valence-corrected chi connectivity index (χ4v) is 3.18. The molecule has 1 saturated heterocycles. The van der Waals surface area contributed by atoms with Crippen LogP contribution in [0, 0.1) is 5.92 Å². The summed E-state index contributed by atoms with van der Waals surface area (Å²) in [6, 6.07) is 7.53. The van der Waals surface area contributed by atoms with E-state index >= 15 is 0 Å². The molecule has 1 heterocycles. The zero-order valence-electron chi connectivity index (χ0n) is 11.1. The first kappa shape index (κ1) is 12.6. The summed E-state index contributed by atoms with van der Waals surface area (Å²) >= 11 is 0. The van der Waals surface area contributed by atoms with Crippen molar-refractivity contribution in [2.75, 3.05) is 6.54 Å². The van der Waals surface area contributed by atoms with E-state index in [0.717, 1.165) is 24.1 Å². The largest absolute Gasteiger partial charge is 0.390 e. The number of rotatable bonds is 2. The highest BCUT2D eigenvalue weighted by Crippen LogP contribution is 2.31. The van der Waals surface area contributed by atoms with Crippen molar-refractivity contribution in [3.63, 3.8) is 0 Å². The number of hydrogen-bond acceptors (Lipinski definition) is 3. The SMILES string of the molecule is CC1CCNC1C(=O)N[C@@H]1c2ccccc2C[C@@H]1O. The number of hydrogen-bond donors (Lipinski definition) is 3. The van der Waals surface area contributed by atoms with Crippen LogP contribution >= 0.6 is 0 Å². The smallest absolute Gasteiger partial charge is 0.237 e. The molecular weight excluding hydrogens is 240 g/mol. The maximum atomic E-state index is 12.3. The molecule has 0 spiro atoms. The van der Waals surface area contributed by atoms with Gasteiger partial charge in [0, 0.05) is 6.42 Å². The Bertz CT molecular complexity index is 489. The minimum absolute atomic E-state index is 0.00533. The Kier molecular flexibility index (Phi) is 3.29. The Hall–Kier alpha value is -1.39. The maximum Gasteiger partial charge on any atom is 0.237 e. The molecule has 3 rings (SSSR count). The fourth-order valence-electron chi connectivity index (χ4n) is 3.18. The van der Waals surface area contributed by atoms with Gasteiger partial charge in [0.1, 0.15) is 0 Å². The summed E-state index contributed by atoms with van der Waals surface area (Å²) in [5, 5.41) is 16.4. The molecule has 4 nitrogen and oxygen atoms in total. The van der Waals surface area contributed by atoms with Crippen molar-refractivity contribution >= 4 is 5.91 Å². The van der Waals surface area contributed by atoms with Gasteiger partial charge in [-0.3, -0.25) is 4.79 Å². The molecule has 1 aliphatic heterocycles. The second-order valence-electron chi connectivity index (χ2n) is 5.65. The maximum absolute atomic E-state index is 12.3. The number of aliphatic hydroxyl groups excluding tert-OH is 1. The average Bonchev–Trinajstić information content (AvgIpc) is 2.94. The van der Waals surface area contributed by atoms with E-state index in [1.807, 2.05) is 24.3 Å². The van der Waals surface area contributed by atoms with Gasteiger partial charge in [-0.15, -0.1) is 0 Å². The molecule has 1 aromatic rings. The van der Waals surface area contributed by atoms with Gasteiger partial charge < -0.3 is 15.7 Å². The van der Waals surface area contributed by atoms with Crippen molar-refractivity contribution in [2.45, 2.75) is 38.0 Å². The lowest BCUT2D eigenvalue weighted by atomic mass is 10.0. The summed E-state index contributed by atoms with van der Waals surface area (Å²) < 4.78 is 0. The van der Waals surface area contributed by atoms with Gasteiger partial charge in [-0.05, 0) is 30.0 Å². The van der Waals surface area contributed by atoms with Crippen molar-refractivity contribution < 1.29 is 9.90 Å². The molecule has 1 amide bonds. The predicted molar refractivity (Wildman–Crippen MR) is 72.6 cm³/mol. The van der Waals surface area contributed by atoms with Crippen molar-refractivity contribution in [3.05, 3.63) is 35.4 Å². The van der Waals surface area contributed by atoms with Crippen molar-refractivity contribution in [2.24, 2.45) is 5.92 Å². The monoisotopic (exact) mass is 260 g/mol. The Labute approximate surface area is 113 Å². The molecule has 2 unspecified atom stereocenters. The second kappa shape index (κ2) is 4.94. The average molecular weight is 260 g/mol. The van der Waals surface area contributed by atoms with E-state index in [0.29, 0.717) is 12.3 Å². The minimum atomic E-state index is -0.516. The Morgan fingerprint density at radius 1 is 1.42 bits per heavy atom. The van der Waals surface area contributed by atoms with Gasteiger partial charge in [0.05, 0.1) is 18.2 Å². The normalized spacial score (nSPS) is 33.2. The van der Waals surface area contributed by atoms with Crippen LogP contribution < -0.4 is 10.6 Å². The summed E-state index contributed by atoms with van der Waals surface area (Å²) in [7, 11) is 0. The number of amides is 1. The molecule has 19 heavy (non-hydrogen) atoms. The lowest BCUT2D eigenvalue weighted by Crippen LogP contribution is -2.46. The first-order valence-electron chi connectivity index (χ1n) is 6.96. The third kappa shape index (κ3) is 2.26. The first-order valence-corrected chi connectivity index (χ1v) is 6.96. The van der Waals surface area contributed by atoms with E-state index in [2.05, 4.69) is 17.6 Å². The van der Waals surface area contributed by atoms with Crippen LogP contribution in [0.2, 0.25) is 0 Å². The molecule has 0 aromatic heterocycles. The van der Waals surface area contributed by atoms with Crippen LogP contribution in [0.15, 0.2) is 24.3 Å². The molecule has 1 fully saturated rings. The van der Waals surface area contributed by atoms with Crippen molar-refractivity contribution in [1.29, 1.82) is 0 Å². The van der Waals surface area contributed by atoms with Gasteiger partial charge in [-0.1, -0.05) is 31.2 Å². The number of nitrogens with one attached hydrogen (secondary N) is 2. The highest BCUT2D eigenvalue weighted by molar-refractivity contribution is 5.83. The van der Waals surface area contributed by atoms with Crippen LogP contribution in [0.1, 0.15) is 30.5 Å². The Balaban J connectivity index is 1.75. The molecule has 0 bridgehead atoms. The van der Waals surface area contributed by atoms with Crippen molar-refractivity contribution in [3.8, 4) is 0 Å². The molecule has 4 atom stereocenters. The van der Waals surface area contributed by atoms with Crippen LogP contribution in [0.25, 0.3) is 0 Å². The molecule has 4 heteroatoms. The van der Waals surface area contributed by atoms with E-state index in [1.165, 1.54) is 0 Å². The van der Waals surface area contributed by atoms with E-state index in [-0.39, 0.29) is 18.0 Å². The standard InChI is InChI=1S/C15H20N2O2/c1-9-6-7-16-13(9)15(19)17-14-11-5-3-2-4-10(11)8-12(14)18/h2-5,9,12-14,16,18H,6-8H2,1H3,(H,17,19)/t9?,12-,13?,14+/m0/s1. The van der Waals surface area contributed by atoms with E-state index in [1.54, 1.807) is 0 Å². The molecule has 1 aliphatic carbocycles. The summed E-state index contributed by atoms with van der Waals surface area (Å²) in [5.74, 6) is 0.361. The molecular formula is C15H20N2O2. The summed E-state index contributed by atoms with van der Waals surface area (Å²) in [5.41, 5.74) is 2.18. The topological polar surface area (TPSA) is 61.4 Å². The van der Waals surface area contributed by atoms with Gasteiger partial charge in [0.2, 0.25) is 5.91 Å². The number of carbonyl (C=O) groups excluding carboxylic acids is 1. The number of benzene rings is 1. The molecule has 1 aromatic carbocycles. The van der Waals surface area contributed by atoms with E-state index in [4.69, 9.17) is 0 Å². The third-order valence-corrected chi connectivity index (χ3v) is 4.32. The number of aliphatic hydroxyl groups is 1. The van der Waals surface area contributed by atoms with Gasteiger partial charge in [-0.25, -0.2) is 0 Å². The van der Waals surface area contributed by atoms with Gasteiger partial charge in [0.25, 0.3) is 0 Å².